The summed E-state index contributed by atoms with van der Waals surface area (Å²) in [6, 6.07) is 6.52. The van der Waals surface area contributed by atoms with Crippen molar-refractivity contribution in [1.82, 2.24) is 0 Å². The minimum atomic E-state index is -0.701. The van der Waals surface area contributed by atoms with Crippen LogP contribution in [0.15, 0.2) is 39.7 Å². The number of benzene rings is 2. The van der Waals surface area contributed by atoms with Crippen LogP contribution in [0.4, 0.5) is 8.78 Å². The number of aliphatic hydroxyl groups is 1. The Balaban J connectivity index is 1.97. The Morgan fingerprint density at radius 1 is 1.20 bits per heavy atom. The van der Waals surface area contributed by atoms with Crippen molar-refractivity contribution in [3.8, 4) is 11.5 Å². The molecule has 2 nitrogen and oxygen atoms in total. The quantitative estimate of drug-likeness (QED) is 0.846. The van der Waals surface area contributed by atoms with Crippen LogP contribution in [0.1, 0.15) is 11.7 Å². The molecule has 20 heavy (non-hydrogen) atoms. The molecule has 1 atom stereocenters. The largest absolute Gasteiger partial charge is 0.456 e. The highest BCUT2D eigenvalue weighted by atomic mass is 79.9. The summed E-state index contributed by atoms with van der Waals surface area (Å²) in [5.41, 5.74) is 0.754. The van der Waals surface area contributed by atoms with Crippen molar-refractivity contribution in [2.45, 2.75) is 11.0 Å². The predicted octanol–water partition coefficient (Wildman–Crippen LogP) is 4.66. The van der Waals surface area contributed by atoms with Gasteiger partial charge in [-0.25, -0.2) is 8.78 Å². The molecule has 1 unspecified atom stereocenters. The molecule has 1 N–H and O–H groups in total. The molecule has 3 rings (SSSR count). The Morgan fingerprint density at radius 3 is 2.60 bits per heavy atom. The molecule has 0 saturated carbocycles. The van der Waals surface area contributed by atoms with Crippen LogP contribution in [0.3, 0.4) is 0 Å². The summed E-state index contributed by atoms with van der Waals surface area (Å²) >= 11 is 4.94. The molecule has 104 valence electrons. The number of rotatable bonds is 2. The van der Waals surface area contributed by atoms with Gasteiger partial charge in [0.05, 0.1) is 10.6 Å². The first-order valence-electron chi connectivity index (χ1n) is 5.82. The normalized spacial score (nSPS) is 17.1. The Labute approximate surface area is 126 Å². The molecule has 0 spiro atoms. The van der Waals surface area contributed by atoms with Crippen molar-refractivity contribution in [1.29, 1.82) is 0 Å². The van der Waals surface area contributed by atoms with Gasteiger partial charge in [-0.1, -0.05) is 0 Å². The summed E-state index contributed by atoms with van der Waals surface area (Å²) in [6.45, 7) is 0. The molecule has 0 fully saturated rings. The molecule has 2 aromatic carbocycles. The number of aliphatic hydroxyl groups excluding tert-OH is 1. The van der Waals surface area contributed by atoms with E-state index in [1.807, 2.05) is 6.07 Å². The summed E-state index contributed by atoms with van der Waals surface area (Å²) in [5, 5.41) is 9.91. The van der Waals surface area contributed by atoms with Crippen LogP contribution in [0.2, 0.25) is 0 Å². The summed E-state index contributed by atoms with van der Waals surface area (Å²) in [4.78, 5) is 0.974. The van der Waals surface area contributed by atoms with Gasteiger partial charge in [-0.2, -0.15) is 0 Å². The summed E-state index contributed by atoms with van der Waals surface area (Å²) in [5.74, 6) is -0.328. The van der Waals surface area contributed by atoms with Crippen LogP contribution < -0.4 is 4.74 Å². The van der Waals surface area contributed by atoms with Crippen molar-refractivity contribution in [3.05, 3.63) is 52.0 Å². The second-order valence-corrected chi connectivity index (χ2v) is 6.18. The van der Waals surface area contributed by atoms with Gasteiger partial charge >= 0.3 is 0 Å². The van der Waals surface area contributed by atoms with Gasteiger partial charge in [-0.3, -0.25) is 0 Å². The lowest BCUT2D eigenvalue weighted by atomic mass is 10.1. The van der Waals surface area contributed by atoms with E-state index in [9.17, 15) is 13.9 Å². The van der Waals surface area contributed by atoms with Gasteiger partial charge in [0.25, 0.3) is 0 Å². The maximum atomic E-state index is 13.1. The minimum absolute atomic E-state index is 0.0725. The fourth-order valence-electron chi connectivity index (χ4n) is 2.04. The minimum Gasteiger partial charge on any atom is -0.456 e. The van der Waals surface area contributed by atoms with E-state index in [0.717, 1.165) is 28.7 Å². The summed E-state index contributed by atoms with van der Waals surface area (Å²) in [6.07, 6.45) is -0.572. The maximum absolute atomic E-state index is 13.1. The zero-order chi connectivity index (χ0) is 14.3. The van der Waals surface area contributed by atoms with Crippen molar-refractivity contribution in [2.24, 2.45) is 0 Å². The van der Waals surface area contributed by atoms with E-state index in [1.54, 1.807) is 17.8 Å². The molecule has 0 bridgehead atoms. The SMILES string of the molecule is OC1CSc2ccc(Oc3cc(F)cc(F)c3)c(Br)c21. The van der Waals surface area contributed by atoms with E-state index < -0.39 is 17.7 Å². The first kappa shape index (κ1) is 13.9. The fourth-order valence-corrected chi connectivity index (χ4v) is 3.92. The smallest absolute Gasteiger partial charge is 0.142 e. The van der Waals surface area contributed by atoms with E-state index in [2.05, 4.69) is 15.9 Å². The van der Waals surface area contributed by atoms with Gasteiger partial charge in [-0.05, 0) is 28.1 Å². The van der Waals surface area contributed by atoms with Crippen LogP contribution in [0.5, 0.6) is 11.5 Å². The number of halogens is 3. The van der Waals surface area contributed by atoms with Gasteiger partial charge in [0.15, 0.2) is 0 Å². The van der Waals surface area contributed by atoms with Crippen LogP contribution >= 0.6 is 27.7 Å². The summed E-state index contributed by atoms with van der Waals surface area (Å²) < 4.78 is 32.4. The first-order chi connectivity index (χ1) is 9.54. The van der Waals surface area contributed by atoms with E-state index in [0.29, 0.717) is 16.0 Å². The van der Waals surface area contributed by atoms with E-state index in [1.165, 1.54) is 0 Å². The number of ether oxygens (including phenoxy) is 1. The Hall–Kier alpha value is -1.11. The second-order valence-electron chi connectivity index (χ2n) is 4.32. The Morgan fingerprint density at radius 2 is 1.90 bits per heavy atom. The third kappa shape index (κ3) is 2.55. The van der Waals surface area contributed by atoms with Crippen molar-refractivity contribution in [3.63, 3.8) is 0 Å². The van der Waals surface area contributed by atoms with Gasteiger partial charge in [0.2, 0.25) is 0 Å². The molecular weight excluding hydrogens is 350 g/mol. The van der Waals surface area contributed by atoms with E-state index in [4.69, 9.17) is 4.74 Å². The molecule has 1 heterocycles. The zero-order valence-electron chi connectivity index (χ0n) is 10.1. The standard InChI is InChI=1S/C14H9BrF2O2S/c15-14-11(1-2-12-13(14)10(18)6-20-12)19-9-4-7(16)3-8(17)5-9/h1-5,10,18H,6H2. The van der Waals surface area contributed by atoms with Gasteiger partial charge in [0.1, 0.15) is 23.1 Å². The average molecular weight is 359 g/mol. The number of thioether (sulfide) groups is 1. The number of hydrogen-bond donors (Lipinski definition) is 1. The highest BCUT2D eigenvalue weighted by Crippen LogP contribution is 2.46. The highest BCUT2D eigenvalue weighted by molar-refractivity contribution is 9.10. The molecule has 0 aromatic heterocycles. The third-order valence-corrected chi connectivity index (χ3v) is 4.87. The van der Waals surface area contributed by atoms with E-state index in [-0.39, 0.29) is 5.75 Å². The molecule has 0 aliphatic carbocycles. The zero-order valence-corrected chi connectivity index (χ0v) is 12.5. The molecule has 2 aromatic rings. The van der Waals surface area contributed by atoms with Gasteiger partial charge in [0, 0.05) is 34.4 Å². The monoisotopic (exact) mass is 358 g/mol. The lowest BCUT2D eigenvalue weighted by Crippen LogP contribution is -1.97. The van der Waals surface area contributed by atoms with E-state index >= 15 is 0 Å². The van der Waals surface area contributed by atoms with Gasteiger partial charge in [-0.15, -0.1) is 11.8 Å². The third-order valence-electron chi connectivity index (χ3n) is 2.90. The Bertz CT molecular complexity index is 658. The van der Waals surface area contributed by atoms with Crippen LogP contribution in [0.25, 0.3) is 0 Å². The lowest BCUT2D eigenvalue weighted by Gasteiger charge is -2.12. The topological polar surface area (TPSA) is 29.5 Å². The molecule has 1 aliphatic rings. The lowest BCUT2D eigenvalue weighted by molar-refractivity contribution is 0.204. The molecule has 0 amide bonds. The van der Waals surface area contributed by atoms with Gasteiger partial charge < -0.3 is 9.84 Å². The average Bonchev–Trinajstić information content (AvgIpc) is 2.74. The Kier molecular flexibility index (Phi) is 3.70. The van der Waals surface area contributed by atoms with Crippen LogP contribution in [0, 0.1) is 11.6 Å². The fraction of sp³-hybridized carbons (Fsp3) is 0.143. The molecule has 0 radical (unpaired) electrons. The van der Waals surface area contributed by atoms with Crippen LogP contribution in [-0.4, -0.2) is 10.9 Å². The molecule has 0 saturated heterocycles. The molecular formula is C14H9BrF2O2S. The highest BCUT2D eigenvalue weighted by Gasteiger charge is 2.25. The van der Waals surface area contributed by atoms with Crippen LogP contribution in [-0.2, 0) is 0 Å². The van der Waals surface area contributed by atoms with Crippen molar-refractivity contribution < 1.29 is 18.6 Å². The predicted molar refractivity (Wildman–Crippen MR) is 76.3 cm³/mol. The van der Waals surface area contributed by atoms with Crippen molar-refractivity contribution >= 4 is 27.7 Å². The molecule has 1 aliphatic heterocycles. The molecule has 6 heteroatoms. The second kappa shape index (κ2) is 5.35. The maximum Gasteiger partial charge on any atom is 0.142 e. The van der Waals surface area contributed by atoms with Crippen molar-refractivity contribution in [2.75, 3.05) is 5.75 Å². The first-order valence-corrected chi connectivity index (χ1v) is 7.59. The number of hydrogen-bond acceptors (Lipinski definition) is 3. The number of fused-ring (bicyclic) bond motifs is 1. The summed E-state index contributed by atoms with van der Waals surface area (Å²) in [7, 11) is 0.